The van der Waals surface area contributed by atoms with E-state index in [9.17, 15) is 0 Å². The van der Waals surface area contributed by atoms with Crippen molar-refractivity contribution in [3.8, 4) is 0 Å². The molecule has 0 aliphatic carbocycles. The van der Waals surface area contributed by atoms with Crippen LogP contribution >= 0.6 is 24.0 Å². The molecule has 0 aliphatic rings. The van der Waals surface area contributed by atoms with Crippen LogP contribution in [-0.2, 0) is 0 Å². The molecule has 138 valence electrons. The number of nitrogens with two attached hydrogens (primary N) is 2. The van der Waals surface area contributed by atoms with Crippen LogP contribution in [-0.4, -0.2) is 22.5 Å². The molecule has 4 heteroatoms. The molecule has 0 unspecified atom stereocenters. The monoisotopic (exact) mass is 360 g/mol. The normalized spacial score (nSPS) is 11.3. The Morgan fingerprint density at radius 3 is 1.52 bits per heavy atom. The largest absolute Gasteiger partial charge is 0.329 e. The molecule has 0 heterocycles. The van der Waals surface area contributed by atoms with Gasteiger partial charge in [0.25, 0.3) is 0 Å². The summed E-state index contributed by atoms with van der Waals surface area (Å²) in [7, 11) is 0. The molecule has 0 bridgehead atoms. The van der Waals surface area contributed by atoms with Crippen LogP contribution in [0.1, 0.15) is 96.8 Å². The van der Waals surface area contributed by atoms with E-state index in [1.165, 1.54) is 83.5 Å². The lowest BCUT2D eigenvalue weighted by Crippen LogP contribution is -2.26. The summed E-state index contributed by atoms with van der Waals surface area (Å²) in [5, 5.41) is 0.310. The molecule has 2 nitrogen and oxygen atoms in total. The van der Waals surface area contributed by atoms with E-state index < -0.39 is 0 Å². The van der Waals surface area contributed by atoms with Crippen molar-refractivity contribution in [2.24, 2.45) is 11.5 Å². The molecule has 0 spiro atoms. The van der Waals surface area contributed by atoms with Crippen LogP contribution < -0.4 is 11.5 Å². The highest BCUT2D eigenvalue weighted by molar-refractivity contribution is 8.23. The second-order valence-electron chi connectivity index (χ2n) is 6.58. The molecule has 0 saturated heterocycles. The van der Waals surface area contributed by atoms with Crippen LogP contribution in [0.2, 0.25) is 0 Å². The van der Waals surface area contributed by atoms with Gasteiger partial charge in [-0.1, -0.05) is 96.2 Å². The van der Waals surface area contributed by atoms with Gasteiger partial charge in [0.15, 0.2) is 0 Å². The lowest BCUT2D eigenvalue weighted by molar-refractivity contribution is 0.541. The third-order valence-corrected chi connectivity index (χ3v) is 5.99. The fourth-order valence-electron chi connectivity index (χ4n) is 2.72. The van der Waals surface area contributed by atoms with Crippen molar-refractivity contribution < 1.29 is 0 Å². The summed E-state index contributed by atoms with van der Waals surface area (Å²) >= 11 is 7.11. The minimum Gasteiger partial charge on any atom is -0.329 e. The summed E-state index contributed by atoms with van der Waals surface area (Å²) in [4.78, 5) is 0. The molecule has 0 aliphatic heterocycles. The van der Waals surface area contributed by atoms with Gasteiger partial charge in [-0.2, -0.15) is 0 Å². The van der Waals surface area contributed by atoms with Crippen LogP contribution in [0.4, 0.5) is 0 Å². The molecule has 0 radical (unpaired) electrons. The van der Waals surface area contributed by atoms with Gasteiger partial charge in [0.05, 0.1) is 0 Å². The van der Waals surface area contributed by atoms with Gasteiger partial charge in [-0.15, -0.1) is 11.8 Å². The minimum atomic E-state index is 0.310. The summed E-state index contributed by atoms with van der Waals surface area (Å²) in [5.74, 6) is 0. The van der Waals surface area contributed by atoms with Crippen molar-refractivity contribution in [1.82, 2.24) is 0 Å². The van der Waals surface area contributed by atoms with Crippen LogP contribution in [0, 0.1) is 0 Å². The van der Waals surface area contributed by atoms with Gasteiger partial charge in [-0.05, 0) is 12.8 Å². The zero-order valence-electron chi connectivity index (χ0n) is 15.4. The molecule has 0 aromatic heterocycles. The zero-order chi connectivity index (χ0) is 17.2. The first kappa shape index (κ1) is 23.4. The van der Waals surface area contributed by atoms with Crippen molar-refractivity contribution in [2.45, 2.75) is 102 Å². The number of unbranched alkanes of at least 4 members (excludes halogenated alkanes) is 12. The number of thiocarbonyl (C=S) groups is 1. The van der Waals surface area contributed by atoms with E-state index in [0.29, 0.717) is 18.3 Å². The predicted molar refractivity (Wildman–Crippen MR) is 112 cm³/mol. The maximum absolute atomic E-state index is 5.65. The van der Waals surface area contributed by atoms with Crippen LogP contribution in [0.3, 0.4) is 0 Å². The predicted octanol–water partition coefficient (Wildman–Crippen LogP) is 5.81. The second-order valence-corrected chi connectivity index (χ2v) is 8.72. The Labute approximate surface area is 154 Å². The van der Waals surface area contributed by atoms with Crippen LogP contribution in [0.5, 0.6) is 0 Å². The summed E-state index contributed by atoms with van der Waals surface area (Å²) in [5.41, 5.74) is 11.3. The van der Waals surface area contributed by atoms with Crippen molar-refractivity contribution >= 4 is 28.2 Å². The summed E-state index contributed by atoms with van der Waals surface area (Å²) < 4.78 is 1.09. The molecule has 0 aromatic carbocycles. The van der Waals surface area contributed by atoms with E-state index in [1.54, 1.807) is 11.8 Å². The Morgan fingerprint density at radius 2 is 1.13 bits per heavy atom. The molecule has 0 amide bonds. The van der Waals surface area contributed by atoms with Crippen molar-refractivity contribution in [3.63, 3.8) is 0 Å². The lowest BCUT2D eigenvalue weighted by atomic mass is 10.0. The fraction of sp³-hybridized carbons (Fsp3) is 0.947. The van der Waals surface area contributed by atoms with Gasteiger partial charge in [-0.25, -0.2) is 0 Å². The SMILES string of the molecule is CCCCCCCCCCCCCCCC(=S)SC(CN)CN. The van der Waals surface area contributed by atoms with Gasteiger partial charge >= 0.3 is 0 Å². The lowest BCUT2D eigenvalue weighted by Gasteiger charge is -2.12. The summed E-state index contributed by atoms with van der Waals surface area (Å²) in [6.07, 6.45) is 19.2. The van der Waals surface area contributed by atoms with Crippen LogP contribution in [0.15, 0.2) is 0 Å². The van der Waals surface area contributed by atoms with E-state index in [2.05, 4.69) is 6.92 Å². The van der Waals surface area contributed by atoms with E-state index in [4.69, 9.17) is 23.7 Å². The van der Waals surface area contributed by atoms with E-state index in [-0.39, 0.29) is 0 Å². The second kappa shape index (κ2) is 18.7. The number of hydrogen-bond acceptors (Lipinski definition) is 4. The van der Waals surface area contributed by atoms with Gasteiger partial charge in [0, 0.05) is 22.5 Å². The maximum atomic E-state index is 5.65. The first-order valence-corrected chi connectivity index (χ1v) is 11.1. The maximum Gasteiger partial charge on any atom is 0.0482 e. The molecule has 0 atom stereocenters. The Balaban J connectivity index is 3.20. The average molecular weight is 361 g/mol. The Kier molecular flexibility index (Phi) is 19.0. The highest BCUT2D eigenvalue weighted by Crippen LogP contribution is 2.18. The molecule has 0 saturated carbocycles. The third kappa shape index (κ3) is 17.0. The molecular formula is C19H40N2S2. The van der Waals surface area contributed by atoms with Gasteiger partial charge < -0.3 is 11.5 Å². The summed E-state index contributed by atoms with van der Waals surface area (Å²) in [6, 6.07) is 0. The van der Waals surface area contributed by atoms with Gasteiger partial charge in [0.1, 0.15) is 0 Å². The minimum absolute atomic E-state index is 0.310. The molecule has 0 fully saturated rings. The first-order chi connectivity index (χ1) is 11.2. The van der Waals surface area contributed by atoms with Crippen molar-refractivity contribution in [2.75, 3.05) is 13.1 Å². The first-order valence-electron chi connectivity index (χ1n) is 9.84. The van der Waals surface area contributed by atoms with E-state index in [0.717, 1.165) is 10.6 Å². The standard InChI is InChI=1S/C19H40N2S2/c1-2-3-4-5-6-7-8-9-10-11-12-13-14-15-19(22)23-18(16-20)17-21/h18H,2-17,20-21H2,1H3. The third-order valence-electron chi connectivity index (χ3n) is 4.31. The highest BCUT2D eigenvalue weighted by atomic mass is 32.2. The highest BCUT2D eigenvalue weighted by Gasteiger charge is 2.07. The Morgan fingerprint density at radius 1 is 0.739 bits per heavy atom. The van der Waals surface area contributed by atoms with Crippen LogP contribution in [0.25, 0.3) is 0 Å². The Hall–Kier alpha value is 0.360. The molecule has 23 heavy (non-hydrogen) atoms. The fourth-order valence-corrected chi connectivity index (χ4v) is 4.10. The Bertz CT molecular complexity index is 256. The molecule has 0 aromatic rings. The molecular weight excluding hydrogens is 320 g/mol. The molecule has 0 rings (SSSR count). The number of thioether (sulfide) groups is 1. The van der Waals surface area contributed by atoms with Crippen molar-refractivity contribution in [1.29, 1.82) is 0 Å². The number of hydrogen-bond donors (Lipinski definition) is 2. The smallest absolute Gasteiger partial charge is 0.0482 e. The van der Waals surface area contributed by atoms with E-state index >= 15 is 0 Å². The zero-order valence-corrected chi connectivity index (χ0v) is 17.0. The number of rotatable bonds is 17. The molecule has 4 N–H and O–H groups in total. The van der Waals surface area contributed by atoms with Crippen molar-refractivity contribution in [3.05, 3.63) is 0 Å². The summed E-state index contributed by atoms with van der Waals surface area (Å²) in [6.45, 7) is 3.53. The average Bonchev–Trinajstić information content (AvgIpc) is 2.56. The quantitative estimate of drug-likeness (QED) is 0.254. The van der Waals surface area contributed by atoms with Gasteiger partial charge in [0.2, 0.25) is 0 Å². The topological polar surface area (TPSA) is 52.0 Å². The van der Waals surface area contributed by atoms with E-state index in [1.807, 2.05) is 0 Å². The van der Waals surface area contributed by atoms with Gasteiger partial charge in [-0.3, -0.25) is 0 Å².